The van der Waals surface area contributed by atoms with Crippen molar-refractivity contribution in [3.05, 3.63) is 35.7 Å². The minimum atomic E-state index is -5.13. The number of fused-ring (bicyclic) bond motifs is 5. The van der Waals surface area contributed by atoms with Crippen LogP contribution in [0.3, 0.4) is 0 Å². The molecule has 6 N–H and O–H groups in total. The molecule has 0 aromatic carbocycles. The number of hydrogen-bond acceptors (Lipinski definition) is 16. The van der Waals surface area contributed by atoms with Crippen LogP contribution in [0.1, 0.15) is 12.5 Å². The van der Waals surface area contributed by atoms with Crippen LogP contribution in [0.5, 0.6) is 0 Å². The van der Waals surface area contributed by atoms with E-state index in [9.17, 15) is 28.8 Å². The Balaban J connectivity index is 1.20. The summed E-state index contributed by atoms with van der Waals surface area (Å²) < 4.78 is 76.3. The zero-order chi connectivity index (χ0) is 31.0. The van der Waals surface area contributed by atoms with Crippen LogP contribution >= 0.6 is 15.6 Å². The minimum Gasteiger partial charge on any atom is -0.387 e. The molecule has 0 amide bonds. The molecular formula is C20H22FN9O12P2. The highest BCUT2D eigenvalue weighted by atomic mass is 31.2. The quantitative estimate of drug-likeness (QED) is 0.162. The Labute approximate surface area is 242 Å². The van der Waals surface area contributed by atoms with Crippen LogP contribution in [-0.4, -0.2) is 104 Å². The summed E-state index contributed by atoms with van der Waals surface area (Å²) in [5.41, 5.74) is 5.26. The fourth-order valence-corrected chi connectivity index (χ4v) is 7.07. The fraction of sp³-hybridized carbons (Fsp3) is 0.500. The van der Waals surface area contributed by atoms with Crippen LogP contribution in [0.2, 0.25) is 0 Å². The molecule has 3 fully saturated rings. The van der Waals surface area contributed by atoms with Crippen LogP contribution in [0, 0.1) is 0 Å². The minimum absolute atomic E-state index is 0.0168. The number of imidazole rings is 2. The van der Waals surface area contributed by atoms with E-state index in [0.717, 1.165) is 23.5 Å². The molecule has 0 spiro atoms. The normalized spacial score (nSPS) is 38.3. The lowest BCUT2D eigenvalue weighted by Crippen LogP contribution is -2.35. The van der Waals surface area contributed by atoms with Crippen molar-refractivity contribution in [2.75, 3.05) is 18.9 Å². The second kappa shape index (κ2) is 10.7. The molecule has 4 aromatic heterocycles. The van der Waals surface area contributed by atoms with Gasteiger partial charge in [0.25, 0.3) is 5.56 Å². The number of rotatable bonds is 2. The molecule has 2 bridgehead atoms. The molecule has 10 atom stereocenters. The number of H-pyrrole nitrogens is 1. The van der Waals surface area contributed by atoms with Gasteiger partial charge in [-0.3, -0.25) is 32.0 Å². The van der Waals surface area contributed by atoms with Crippen molar-refractivity contribution in [1.82, 2.24) is 39.0 Å². The number of aliphatic hydroxyl groups excluding tert-OH is 1. The molecule has 21 nitrogen and oxygen atoms in total. The molecule has 3 aliphatic rings. The number of ether oxygens (including phenoxy) is 2. The molecule has 24 heteroatoms. The Morgan fingerprint density at radius 3 is 2.25 bits per heavy atom. The van der Waals surface area contributed by atoms with Gasteiger partial charge in [0.1, 0.15) is 42.4 Å². The molecule has 7 rings (SSSR count). The number of aromatic amines is 1. The lowest BCUT2D eigenvalue weighted by atomic mass is 10.1. The highest BCUT2D eigenvalue weighted by Crippen LogP contribution is 2.54. The monoisotopic (exact) mass is 661 g/mol. The van der Waals surface area contributed by atoms with Crippen molar-refractivity contribution in [2.45, 2.75) is 49.1 Å². The first-order valence-electron chi connectivity index (χ1n) is 12.7. The van der Waals surface area contributed by atoms with Crippen molar-refractivity contribution >= 4 is 43.8 Å². The van der Waals surface area contributed by atoms with Crippen LogP contribution < -0.4 is 11.3 Å². The fourth-order valence-electron chi connectivity index (χ4n) is 5.18. The average Bonchev–Trinajstić information content (AvgIpc) is 3.73. The maximum atomic E-state index is 15.8. The van der Waals surface area contributed by atoms with Gasteiger partial charge in [-0.25, -0.2) is 38.4 Å². The van der Waals surface area contributed by atoms with Crippen molar-refractivity contribution < 1.29 is 56.0 Å². The number of phosphoric acid groups is 2. The smallest absolute Gasteiger partial charge is 0.387 e. The number of phosphoric ester groups is 2. The van der Waals surface area contributed by atoms with Crippen molar-refractivity contribution in [2.24, 2.45) is 0 Å². The van der Waals surface area contributed by atoms with Gasteiger partial charge in [-0.05, 0) is 0 Å². The van der Waals surface area contributed by atoms with E-state index in [4.69, 9.17) is 33.3 Å². The third-order valence-corrected chi connectivity index (χ3v) is 9.16. The zero-order valence-electron chi connectivity index (χ0n) is 21.8. The lowest BCUT2D eigenvalue weighted by molar-refractivity contribution is -0.0671. The summed E-state index contributed by atoms with van der Waals surface area (Å²) in [6, 6.07) is 0. The molecule has 0 radical (unpaired) electrons. The number of halogens is 1. The number of alkyl halides is 1. The standard InChI is InChI=1S/C20H22FN9O12P2/c21-9-13-8(40-19(9)29-6-28-11-17(29)25-4-26-18(11)32)2-38-44(35,36)42-14-12(31)7(1-37-43(33,34)41-13)39-20(14)30-5-27-10-15(22)23-3-24-16(10)30/h3-9,12-14,19-20,31H,1-2H2,(H,33,34)(H,35,36)(H2,22,23,24)(H,25,26,32)/t7-,8-,9-,12-,13-,14-,19-,20-/m1/s1. The number of nitrogens with one attached hydrogen (secondary N) is 1. The van der Waals surface area contributed by atoms with E-state index in [1.54, 1.807) is 0 Å². The number of aromatic nitrogens is 8. The third kappa shape index (κ3) is 5.03. The van der Waals surface area contributed by atoms with Crippen LogP contribution in [-0.2, 0) is 36.7 Å². The molecule has 3 aliphatic heterocycles. The molecule has 44 heavy (non-hydrogen) atoms. The summed E-state index contributed by atoms with van der Waals surface area (Å²) in [6.07, 6.45) is -9.15. The summed E-state index contributed by atoms with van der Waals surface area (Å²) >= 11 is 0. The highest BCUT2D eigenvalue weighted by Gasteiger charge is 2.54. The number of hydrogen-bond donors (Lipinski definition) is 5. The third-order valence-electron chi connectivity index (χ3n) is 7.19. The van der Waals surface area contributed by atoms with Gasteiger partial charge in [0, 0.05) is 0 Å². The van der Waals surface area contributed by atoms with E-state index < -0.39 is 83.6 Å². The van der Waals surface area contributed by atoms with Gasteiger partial charge in [-0.15, -0.1) is 0 Å². The van der Waals surface area contributed by atoms with Crippen LogP contribution in [0.15, 0.2) is 30.1 Å². The number of nitrogens with zero attached hydrogens (tertiary/aromatic N) is 7. The van der Waals surface area contributed by atoms with E-state index in [2.05, 4.69) is 29.9 Å². The SMILES string of the molecule is Nc1ncnc2c1ncn2[C@@H]1O[C@@H]2COP(=O)(O)O[C@H]3[C@@H](F)[C@H](n4cnc5c(=O)[nH]cnc54)O[C@@H]3COP(=O)(O)O[C@@H]1[C@@H]2O. The molecule has 7 heterocycles. The second-order valence-electron chi connectivity index (χ2n) is 9.87. The van der Waals surface area contributed by atoms with Crippen molar-refractivity contribution in [1.29, 1.82) is 0 Å². The molecule has 2 unspecified atom stereocenters. The van der Waals surface area contributed by atoms with E-state index in [-0.39, 0.29) is 28.1 Å². The first-order valence-corrected chi connectivity index (χ1v) is 15.7. The summed E-state index contributed by atoms with van der Waals surface area (Å²) in [5, 5.41) is 11.0. The lowest BCUT2D eigenvalue weighted by Gasteiger charge is -2.25. The number of anilines is 1. The predicted molar refractivity (Wildman–Crippen MR) is 138 cm³/mol. The van der Waals surface area contributed by atoms with Gasteiger partial charge in [0.2, 0.25) is 0 Å². The summed E-state index contributed by atoms with van der Waals surface area (Å²) in [4.78, 5) is 55.4. The maximum Gasteiger partial charge on any atom is 0.472 e. The van der Waals surface area contributed by atoms with E-state index in [0.29, 0.717) is 0 Å². The molecular weight excluding hydrogens is 639 g/mol. The first kappa shape index (κ1) is 29.4. The highest BCUT2D eigenvalue weighted by molar-refractivity contribution is 7.47. The van der Waals surface area contributed by atoms with Crippen LogP contribution in [0.25, 0.3) is 22.3 Å². The van der Waals surface area contributed by atoms with Crippen LogP contribution in [0.4, 0.5) is 10.2 Å². The molecule has 3 saturated heterocycles. The molecule has 0 aliphatic carbocycles. The number of aliphatic hydroxyl groups is 1. The van der Waals surface area contributed by atoms with Crippen molar-refractivity contribution in [3.8, 4) is 0 Å². The second-order valence-corrected chi connectivity index (χ2v) is 12.7. The first-order chi connectivity index (χ1) is 20.9. The topological polar surface area (TPSA) is 283 Å². The Morgan fingerprint density at radius 2 is 1.50 bits per heavy atom. The molecule has 236 valence electrons. The maximum absolute atomic E-state index is 15.8. The van der Waals surface area contributed by atoms with Gasteiger partial charge >= 0.3 is 15.6 Å². The Kier molecular flexibility index (Phi) is 7.14. The van der Waals surface area contributed by atoms with Gasteiger partial charge in [-0.2, -0.15) is 0 Å². The van der Waals surface area contributed by atoms with Gasteiger partial charge in [-0.1, -0.05) is 0 Å². The number of nitrogen functional groups attached to an aromatic ring is 1. The largest absolute Gasteiger partial charge is 0.472 e. The van der Waals surface area contributed by atoms with Gasteiger partial charge in [0.15, 0.2) is 41.3 Å². The van der Waals surface area contributed by atoms with Gasteiger partial charge in [0.05, 0.1) is 32.2 Å². The predicted octanol–water partition coefficient (Wildman–Crippen LogP) is -0.946. The Bertz CT molecular complexity index is 1890. The Morgan fingerprint density at radius 1 is 0.886 bits per heavy atom. The summed E-state index contributed by atoms with van der Waals surface area (Å²) in [5.74, 6) is 0.0168. The summed E-state index contributed by atoms with van der Waals surface area (Å²) in [7, 11) is -10.2. The number of nitrogens with two attached hydrogens (primary N) is 1. The molecule has 0 saturated carbocycles. The van der Waals surface area contributed by atoms with Crippen molar-refractivity contribution in [3.63, 3.8) is 0 Å². The Hall–Kier alpha value is -3.27. The summed E-state index contributed by atoms with van der Waals surface area (Å²) in [6.45, 7) is -1.73. The average molecular weight is 661 g/mol. The molecule has 4 aromatic rings. The van der Waals surface area contributed by atoms with E-state index >= 15 is 4.39 Å². The zero-order valence-corrected chi connectivity index (χ0v) is 23.6. The van der Waals surface area contributed by atoms with Gasteiger partial charge < -0.3 is 35.1 Å². The van der Waals surface area contributed by atoms with E-state index in [1.807, 2.05) is 0 Å². The van der Waals surface area contributed by atoms with E-state index in [1.165, 1.54) is 10.9 Å².